The lowest BCUT2D eigenvalue weighted by Crippen LogP contribution is -2.16. The number of carbonyl (C=O) groups is 1. The molecule has 0 spiro atoms. The van der Waals surface area contributed by atoms with Crippen molar-refractivity contribution in [2.24, 2.45) is 0 Å². The van der Waals surface area contributed by atoms with Gasteiger partial charge in [0, 0.05) is 11.4 Å². The van der Waals surface area contributed by atoms with Gasteiger partial charge in [-0.3, -0.25) is 4.79 Å². The van der Waals surface area contributed by atoms with E-state index >= 15 is 0 Å². The van der Waals surface area contributed by atoms with Crippen molar-refractivity contribution in [3.8, 4) is 0 Å². The van der Waals surface area contributed by atoms with Gasteiger partial charge in [0.2, 0.25) is 0 Å². The van der Waals surface area contributed by atoms with Crippen LogP contribution < -0.4 is 5.32 Å². The minimum Gasteiger partial charge on any atom is -0.320 e. The highest BCUT2D eigenvalue weighted by Crippen LogP contribution is 2.21. The summed E-state index contributed by atoms with van der Waals surface area (Å²) in [6.45, 7) is 7.95. The highest BCUT2D eigenvalue weighted by molar-refractivity contribution is 6.03. The van der Waals surface area contributed by atoms with Gasteiger partial charge in [0.15, 0.2) is 0 Å². The van der Waals surface area contributed by atoms with E-state index in [0.717, 1.165) is 34.5 Å². The molecular weight excluding hydrogens is 248 g/mol. The Morgan fingerprint density at radius 2 is 1.95 bits per heavy atom. The number of para-hydroxylation sites is 1. The van der Waals surface area contributed by atoms with Crippen LogP contribution in [0.15, 0.2) is 30.3 Å². The third kappa shape index (κ3) is 3.05. The van der Waals surface area contributed by atoms with Crippen LogP contribution in [-0.2, 0) is 6.42 Å². The van der Waals surface area contributed by atoms with Gasteiger partial charge in [-0.2, -0.15) is 0 Å². The molecule has 0 aliphatic rings. The van der Waals surface area contributed by atoms with Gasteiger partial charge in [-0.05, 0) is 56.0 Å². The summed E-state index contributed by atoms with van der Waals surface area (Å²) in [5.74, 6) is -0.152. The number of anilines is 1. The third-order valence-electron chi connectivity index (χ3n) is 3.31. The van der Waals surface area contributed by atoms with Crippen molar-refractivity contribution in [3.63, 3.8) is 0 Å². The standard InChI is InChI=1S/C17H20N2O/c1-5-14-8-6-7-12(3)16(14)19-17(20)15-10-11(2)9-13(4)18-15/h6-10H,5H2,1-4H3,(H,19,20). The largest absolute Gasteiger partial charge is 0.320 e. The molecule has 20 heavy (non-hydrogen) atoms. The van der Waals surface area contributed by atoms with E-state index in [0.29, 0.717) is 5.69 Å². The number of rotatable bonds is 3. The Morgan fingerprint density at radius 3 is 2.60 bits per heavy atom. The normalized spacial score (nSPS) is 10.4. The molecule has 0 aliphatic carbocycles. The molecular formula is C17H20N2O. The zero-order valence-corrected chi connectivity index (χ0v) is 12.4. The van der Waals surface area contributed by atoms with Gasteiger partial charge in [-0.1, -0.05) is 25.1 Å². The lowest BCUT2D eigenvalue weighted by molar-refractivity contribution is 0.102. The summed E-state index contributed by atoms with van der Waals surface area (Å²) in [7, 11) is 0. The van der Waals surface area contributed by atoms with Crippen molar-refractivity contribution >= 4 is 11.6 Å². The van der Waals surface area contributed by atoms with Gasteiger partial charge in [-0.15, -0.1) is 0 Å². The zero-order valence-electron chi connectivity index (χ0n) is 12.4. The molecule has 1 N–H and O–H groups in total. The average Bonchev–Trinajstić information content (AvgIpc) is 2.39. The molecule has 3 heteroatoms. The van der Waals surface area contributed by atoms with Crippen LogP contribution >= 0.6 is 0 Å². The summed E-state index contributed by atoms with van der Waals surface area (Å²) < 4.78 is 0. The molecule has 1 heterocycles. The first-order chi connectivity index (χ1) is 9.51. The second-order valence-corrected chi connectivity index (χ2v) is 5.09. The van der Waals surface area contributed by atoms with Crippen LogP contribution in [0.5, 0.6) is 0 Å². The van der Waals surface area contributed by atoms with Gasteiger partial charge >= 0.3 is 0 Å². The third-order valence-corrected chi connectivity index (χ3v) is 3.31. The lowest BCUT2D eigenvalue weighted by Gasteiger charge is -2.13. The summed E-state index contributed by atoms with van der Waals surface area (Å²) in [6.07, 6.45) is 0.886. The minimum atomic E-state index is -0.152. The maximum absolute atomic E-state index is 12.4. The molecule has 0 fully saturated rings. The maximum atomic E-state index is 12.4. The number of nitrogens with one attached hydrogen (secondary N) is 1. The van der Waals surface area contributed by atoms with E-state index in [9.17, 15) is 4.79 Å². The van der Waals surface area contributed by atoms with E-state index in [4.69, 9.17) is 0 Å². The molecule has 1 aromatic heterocycles. The summed E-state index contributed by atoms with van der Waals surface area (Å²) in [4.78, 5) is 16.7. The molecule has 1 aromatic carbocycles. The molecule has 104 valence electrons. The fourth-order valence-corrected chi connectivity index (χ4v) is 2.34. The van der Waals surface area contributed by atoms with E-state index in [1.54, 1.807) is 0 Å². The van der Waals surface area contributed by atoms with Crippen LogP contribution in [-0.4, -0.2) is 10.9 Å². The molecule has 3 nitrogen and oxygen atoms in total. The highest BCUT2D eigenvalue weighted by atomic mass is 16.1. The van der Waals surface area contributed by atoms with E-state index in [2.05, 4.69) is 17.2 Å². The Bertz CT molecular complexity index is 627. The van der Waals surface area contributed by atoms with E-state index < -0.39 is 0 Å². The molecule has 2 rings (SSSR count). The Balaban J connectivity index is 2.32. The minimum absolute atomic E-state index is 0.152. The van der Waals surface area contributed by atoms with E-state index in [-0.39, 0.29) is 5.91 Å². The number of hydrogen-bond donors (Lipinski definition) is 1. The quantitative estimate of drug-likeness (QED) is 0.919. The van der Waals surface area contributed by atoms with Gasteiger partial charge in [0.25, 0.3) is 5.91 Å². The van der Waals surface area contributed by atoms with Gasteiger partial charge in [0.05, 0.1) is 0 Å². The summed E-state index contributed by atoms with van der Waals surface area (Å²) >= 11 is 0. The number of amides is 1. The molecule has 1 amide bonds. The van der Waals surface area contributed by atoms with Crippen LogP contribution in [0.2, 0.25) is 0 Å². The second kappa shape index (κ2) is 5.87. The molecule has 2 aromatic rings. The first-order valence-corrected chi connectivity index (χ1v) is 6.86. The SMILES string of the molecule is CCc1cccc(C)c1NC(=O)c1cc(C)cc(C)n1. The van der Waals surface area contributed by atoms with Crippen LogP contribution in [0, 0.1) is 20.8 Å². The summed E-state index contributed by atoms with van der Waals surface area (Å²) in [5.41, 5.74) is 5.48. The van der Waals surface area contributed by atoms with E-state index in [1.807, 2.05) is 51.1 Å². The smallest absolute Gasteiger partial charge is 0.274 e. The van der Waals surface area contributed by atoms with Crippen LogP contribution in [0.1, 0.15) is 39.8 Å². The second-order valence-electron chi connectivity index (χ2n) is 5.09. The first-order valence-electron chi connectivity index (χ1n) is 6.86. The maximum Gasteiger partial charge on any atom is 0.274 e. The highest BCUT2D eigenvalue weighted by Gasteiger charge is 2.12. The van der Waals surface area contributed by atoms with Crippen molar-refractivity contribution in [1.29, 1.82) is 0 Å². The number of carbonyl (C=O) groups excluding carboxylic acids is 1. The Labute approximate surface area is 120 Å². The number of aryl methyl sites for hydroxylation is 4. The first kappa shape index (κ1) is 14.3. The number of aromatic nitrogens is 1. The van der Waals surface area contributed by atoms with Gasteiger partial charge in [-0.25, -0.2) is 4.98 Å². The Kier molecular flexibility index (Phi) is 4.18. The fourth-order valence-electron chi connectivity index (χ4n) is 2.34. The molecule has 0 bridgehead atoms. The monoisotopic (exact) mass is 268 g/mol. The predicted molar refractivity (Wildman–Crippen MR) is 82.2 cm³/mol. The van der Waals surface area contributed by atoms with Crippen molar-refractivity contribution in [3.05, 3.63) is 58.4 Å². The topological polar surface area (TPSA) is 42.0 Å². The van der Waals surface area contributed by atoms with Crippen LogP contribution in [0.3, 0.4) is 0 Å². The van der Waals surface area contributed by atoms with Crippen LogP contribution in [0.4, 0.5) is 5.69 Å². The predicted octanol–water partition coefficient (Wildman–Crippen LogP) is 3.82. The fraction of sp³-hybridized carbons (Fsp3) is 0.294. The molecule has 0 unspecified atom stereocenters. The van der Waals surface area contributed by atoms with E-state index in [1.165, 1.54) is 0 Å². The number of hydrogen-bond acceptors (Lipinski definition) is 2. The Morgan fingerprint density at radius 1 is 1.20 bits per heavy atom. The summed E-state index contributed by atoms with van der Waals surface area (Å²) in [6, 6.07) is 9.83. The molecule has 0 atom stereocenters. The number of benzene rings is 1. The molecule has 0 saturated carbocycles. The van der Waals surface area contributed by atoms with Gasteiger partial charge < -0.3 is 5.32 Å². The summed E-state index contributed by atoms with van der Waals surface area (Å²) in [5, 5.41) is 3.00. The van der Waals surface area contributed by atoms with Crippen molar-refractivity contribution in [2.75, 3.05) is 5.32 Å². The lowest BCUT2D eigenvalue weighted by atomic mass is 10.1. The zero-order chi connectivity index (χ0) is 14.7. The van der Waals surface area contributed by atoms with Crippen molar-refractivity contribution < 1.29 is 4.79 Å². The number of nitrogens with zero attached hydrogens (tertiary/aromatic N) is 1. The molecule has 0 saturated heterocycles. The average molecular weight is 268 g/mol. The van der Waals surface area contributed by atoms with Crippen LogP contribution in [0.25, 0.3) is 0 Å². The van der Waals surface area contributed by atoms with Crippen molar-refractivity contribution in [2.45, 2.75) is 34.1 Å². The molecule has 0 aliphatic heterocycles. The Hall–Kier alpha value is -2.16. The number of pyridine rings is 1. The van der Waals surface area contributed by atoms with Gasteiger partial charge in [0.1, 0.15) is 5.69 Å². The molecule has 0 radical (unpaired) electrons. The van der Waals surface area contributed by atoms with Crippen molar-refractivity contribution in [1.82, 2.24) is 4.98 Å².